The maximum atomic E-state index is 13.2. The summed E-state index contributed by atoms with van der Waals surface area (Å²) < 4.78 is 11.0. The van der Waals surface area contributed by atoms with Gasteiger partial charge in [0.15, 0.2) is 0 Å². The van der Waals surface area contributed by atoms with E-state index in [1.807, 2.05) is 4.90 Å². The Kier molecular flexibility index (Phi) is 5.60. The maximum absolute atomic E-state index is 13.2. The van der Waals surface area contributed by atoms with Crippen LogP contribution in [0.25, 0.3) is 0 Å². The van der Waals surface area contributed by atoms with Crippen molar-refractivity contribution in [3.8, 4) is 0 Å². The monoisotopic (exact) mass is 364 g/mol. The lowest BCUT2D eigenvalue weighted by Gasteiger charge is -2.27. The number of hydrogen-bond donors (Lipinski definition) is 0. The molecule has 144 valence electrons. The van der Waals surface area contributed by atoms with E-state index in [-0.39, 0.29) is 42.3 Å². The molecule has 26 heavy (non-hydrogen) atoms. The van der Waals surface area contributed by atoms with Crippen LogP contribution in [-0.2, 0) is 14.3 Å². The number of nitrogens with zero attached hydrogens (tertiary/aromatic N) is 4. The number of aromatic nitrogens is 2. The van der Waals surface area contributed by atoms with Crippen LogP contribution in [0, 0.1) is 12.8 Å². The zero-order valence-corrected chi connectivity index (χ0v) is 16.0. The van der Waals surface area contributed by atoms with E-state index in [2.05, 4.69) is 24.0 Å². The number of rotatable bonds is 6. The minimum absolute atomic E-state index is 0.0232. The zero-order valence-electron chi connectivity index (χ0n) is 16.0. The molecule has 3 heterocycles. The molecule has 2 fully saturated rings. The van der Waals surface area contributed by atoms with E-state index >= 15 is 0 Å². The summed E-state index contributed by atoms with van der Waals surface area (Å²) in [6, 6.07) is -0.115. The van der Waals surface area contributed by atoms with Crippen molar-refractivity contribution in [3.63, 3.8) is 0 Å². The van der Waals surface area contributed by atoms with Crippen molar-refractivity contribution >= 4 is 11.8 Å². The van der Waals surface area contributed by atoms with Crippen molar-refractivity contribution in [2.75, 3.05) is 20.2 Å². The Hall–Kier alpha value is -1.96. The molecule has 2 unspecified atom stereocenters. The van der Waals surface area contributed by atoms with Crippen molar-refractivity contribution in [2.24, 2.45) is 5.92 Å². The molecule has 4 atom stereocenters. The van der Waals surface area contributed by atoms with Crippen molar-refractivity contribution < 1.29 is 18.7 Å². The van der Waals surface area contributed by atoms with E-state index < -0.39 is 0 Å². The van der Waals surface area contributed by atoms with Crippen LogP contribution in [0.15, 0.2) is 4.42 Å². The molecule has 2 aliphatic heterocycles. The summed E-state index contributed by atoms with van der Waals surface area (Å²) in [6.45, 7) is 6.86. The van der Waals surface area contributed by atoms with Crippen LogP contribution < -0.4 is 0 Å². The molecule has 1 aromatic heterocycles. The largest absolute Gasteiger partial charge is 0.423 e. The summed E-state index contributed by atoms with van der Waals surface area (Å²) in [4.78, 5) is 29.2. The van der Waals surface area contributed by atoms with E-state index in [4.69, 9.17) is 9.15 Å². The van der Waals surface area contributed by atoms with E-state index in [1.54, 1.807) is 18.9 Å². The average molecular weight is 364 g/mol. The third-order valence-corrected chi connectivity index (χ3v) is 5.45. The summed E-state index contributed by atoms with van der Waals surface area (Å²) in [5.41, 5.74) is 0. The van der Waals surface area contributed by atoms with E-state index in [0.29, 0.717) is 31.3 Å². The molecule has 2 aliphatic rings. The number of amides is 2. The molecular weight excluding hydrogens is 336 g/mol. The number of carbonyl (C=O) groups is 2. The summed E-state index contributed by atoms with van der Waals surface area (Å²) >= 11 is 0. The standard InChI is InChI=1S/C18H28N4O4/c1-5-6-11(2)21-9-13(7-16(21)23)18(24)22-10-14(25-4)8-15(22)17-20-19-12(3)26-17/h11,13-15H,5-10H2,1-4H3/t11?,13?,14-,15-/m1/s1. The zero-order chi connectivity index (χ0) is 18.8. The molecule has 0 bridgehead atoms. The van der Waals surface area contributed by atoms with Gasteiger partial charge in [-0.25, -0.2) is 0 Å². The van der Waals surface area contributed by atoms with Crippen molar-refractivity contribution in [1.29, 1.82) is 0 Å². The Balaban J connectivity index is 1.74. The van der Waals surface area contributed by atoms with Crippen LogP contribution in [0.1, 0.15) is 57.4 Å². The van der Waals surface area contributed by atoms with Gasteiger partial charge in [0.05, 0.1) is 12.0 Å². The first-order chi connectivity index (χ1) is 12.4. The minimum atomic E-state index is -0.316. The molecular formula is C18H28N4O4. The number of hydrogen-bond acceptors (Lipinski definition) is 6. The molecule has 3 rings (SSSR count). The molecule has 8 nitrogen and oxygen atoms in total. The molecule has 1 aromatic rings. The molecule has 0 aromatic carbocycles. The van der Waals surface area contributed by atoms with Crippen LogP contribution in [0.3, 0.4) is 0 Å². The second kappa shape index (κ2) is 7.73. The Labute approximate surface area is 153 Å². The third-order valence-electron chi connectivity index (χ3n) is 5.45. The van der Waals surface area contributed by atoms with Crippen molar-refractivity contribution in [2.45, 2.75) is 64.6 Å². The number of aryl methyl sites for hydroxylation is 1. The van der Waals surface area contributed by atoms with E-state index in [1.165, 1.54) is 0 Å². The predicted octanol–water partition coefficient (Wildman–Crippen LogP) is 1.70. The quantitative estimate of drug-likeness (QED) is 0.763. The second-order valence-electron chi connectivity index (χ2n) is 7.34. The van der Waals surface area contributed by atoms with Crippen LogP contribution in [0.4, 0.5) is 0 Å². The van der Waals surface area contributed by atoms with Gasteiger partial charge in [-0.3, -0.25) is 9.59 Å². The highest BCUT2D eigenvalue weighted by atomic mass is 16.5. The second-order valence-corrected chi connectivity index (χ2v) is 7.34. The minimum Gasteiger partial charge on any atom is -0.423 e. The smallest absolute Gasteiger partial charge is 0.239 e. The summed E-state index contributed by atoms with van der Waals surface area (Å²) in [7, 11) is 1.64. The number of methoxy groups -OCH3 is 1. The van der Waals surface area contributed by atoms with Crippen LogP contribution in [0.5, 0.6) is 0 Å². The Morgan fingerprint density at radius 3 is 2.77 bits per heavy atom. The van der Waals surface area contributed by atoms with Gasteiger partial charge >= 0.3 is 0 Å². The molecule has 0 spiro atoms. The number of carbonyl (C=O) groups excluding carboxylic acids is 2. The van der Waals surface area contributed by atoms with Gasteiger partial charge in [-0.15, -0.1) is 10.2 Å². The first kappa shape index (κ1) is 18.8. The van der Waals surface area contributed by atoms with Crippen molar-refractivity contribution in [1.82, 2.24) is 20.0 Å². The summed E-state index contributed by atoms with van der Waals surface area (Å²) in [6.07, 6.45) is 2.80. The van der Waals surface area contributed by atoms with E-state index in [0.717, 1.165) is 12.8 Å². The molecule has 0 N–H and O–H groups in total. The molecule has 2 amide bonds. The van der Waals surface area contributed by atoms with Gasteiger partial charge in [0.1, 0.15) is 6.04 Å². The lowest BCUT2D eigenvalue weighted by Crippen LogP contribution is -2.39. The topological polar surface area (TPSA) is 88.8 Å². The van der Waals surface area contributed by atoms with Gasteiger partial charge in [0.2, 0.25) is 23.6 Å². The summed E-state index contributed by atoms with van der Waals surface area (Å²) in [5, 5.41) is 7.98. The SMILES string of the molecule is CCCC(C)N1CC(C(=O)N2C[C@H](OC)C[C@@H]2c2nnc(C)o2)CC1=O. The van der Waals surface area contributed by atoms with Gasteiger partial charge < -0.3 is 19.0 Å². The van der Waals surface area contributed by atoms with Crippen LogP contribution in [0.2, 0.25) is 0 Å². The Bertz CT molecular complexity index is 661. The molecule has 0 aliphatic carbocycles. The highest BCUT2D eigenvalue weighted by Crippen LogP contribution is 2.35. The fraction of sp³-hybridized carbons (Fsp3) is 0.778. The molecule has 2 saturated heterocycles. The van der Waals surface area contributed by atoms with Gasteiger partial charge in [-0.2, -0.15) is 0 Å². The molecule has 0 radical (unpaired) electrons. The Morgan fingerprint density at radius 2 is 2.15 bits per heavy atom. The fourth-order valence-corrected chi connectivity index (χ4v) is 4.02. The highest BCUT2D eigenvalue weighted by Gasteiger charge is 2.45. The number of likely N-dealkylation sites (tertiary alicyclic amines) is 2. The lowest BCUT2D eigenvalue weighted by atomic mass is 10.1. The Morgan fingerprint density at radius 1 is 1.38 bits per heavy atom. The highest BCUT2D eigenvalue weighted by molar-refractivity contribution is 5.89. The first-order valence-electron chi connectivity index (χ1n) is 9.37. The van der Waals surface area contributed by atoms with Gasteiger partial charge in [-0.1, -0.05) is 13.3 Å². The van der Waals surface area contributed by atoms with Crippen LogP contribution in [-0.4, -0.2) is 64.2 Å². The van der Waals surface area contributed by atoms with E-state index in [9.17, 15) is 9.59 Å². The lowest BCUT2D eigenvalue weighted by molar-refractivity contribution is -0.137. The van der Waals surface area contributed by atoms with Gasteiger partial charge in [-0.05, 0) is 13.3 Å². The van der Waals surface area contributed by atoms with Crippen LogP contribution >= 0.6 is 0 Å². The van der Waals surface area contributed by atoms with Gasteiger partial charge in [0, 0.05) is 46.0 Å². The maximum Gasteiger partial charge on any atom is 0.239 e. The normalized spacial score (nSPS) is 27.4. The average Bonchev–Trinajstić information content (AvgIpc) is 3.32. The molecule has 0 saturated carbocycles. The number of ether oxygens (including phenoxy) is 1. The summed E-state index contributed by atoms with van der Waals surface area (Å²) in [5.74, 6) is 0.644. The molecule has 8 heteroatoms. The first-order valence-corrected chi connectivity index (χ1v) is 9.37. The van der Waals surface area contributed by atoms with Gasteiger partial charge in [0.25, 0.3) is 0 Å². The van der Waals surface area contributed by atoms with Crippen molar-refractivity contribution in [3.05, 3.63) is 11.8 Å². The third kappa shape index (κ3) is 3.60. The predicted molar refractivity (Wildman–Crippen MR) is 93.1 cm³/mol. The fourth-order valence-electron chi connectivity index (χ4n) is 4.02.